The zero-order chi connectivity index (χ0) is 19.7. The first kappa shape index (κ1) is 22.3. The van der Waals surface area contributed by atoms with Gasteiger partial charge in [0.2, 0.25) is 0 Å². The second-order valence-corrected chi connectivity index (χ2v) is 9.35. The SMILES string of the molecule is CCCCCCN(Cc1ccc(OC)cc1)C1(CC(C)C)CCCC(C)C1. The molecule has 0 bridgehead atoms. The number of hydrogen-bond acceptors (Lipinski definition) is 2. The lowest BCUT2D eigenvalue weighted by molar-refractivity contribution is 0.00734. The van der Waals surface area contributed by atoms with E-state index < -0.39 is 0 Å². The summed E-state index contributed by atoms with van der Waals surface area (Å²) in [6, 6.07) is 8.74. The highest BCUT2D eigenvalue weighted by molar-refractivity contribution is 5.27. The van der Waals surface area contributed by atoms with Gasteiger partial charge >= 0.3 is 0 Å². The molecule has 2 heteroatoms. The van der Waals surface area contributed by atoms with Gasteiger partial charge in [0.25, 0.3) is 0 Å². The van der Waals surface area contributed by atoms with Crippen molar-refractivity contribution in [2.45, 2.75) is 97.6 Å². The Balaban J connectivity index is 2.20. The standard InChI is InChI=1S/C25H43NO/c1-6-7-8-9-17-26(20-23-12-14-24(27-5)15-13-23)25(18-21(2)3)16-10-11-22(4)19-25/h12-15,21-22H,6-11,16-20H2,1-5H3. The number of methoxy groups -OCH3 is 1. The van der Waals surface area contributed by atoms with Gasteiger partial charge in [-0.25, -0.2) is 0 Å². The quantitative estimate of drug-likeness (QED) is 0.384. The van der Waals surface area contributed by atoms with Crippen LogP contribution in [0.1, 0.15) is 91.0 Å². The molecule has 0 saturated heterocycles. The Morgan fingerprint density at radius 1 is 1.15 bits per heavy atom. The Morgan fingerprint density at radius 3 is 2.48 bits per heavy atom. The van der Waals surface area contributed by atoms with Crippen molar-refractivity contribution >= 4 is 0 Å². The van der Waals surface area contributed by atoms with Crippen LogP contribution in [0.3, 0.4) is 0 Å². The third-order valence-electron chi connectivity index (χ3n) is 6.34. The van der Waals surface area contributed by atoms with E-state index >= 15 is 0 Å². The smallest absolute Gasteiger partial charge is 0.118 e. The highest BCUT2D eigenvalue weighted by atomic mass is 16.5. The maximum Gasteiger partial charge on any atom is 0.118 e. The summed E-state index contributed by atoms with van der Waals surface area (Å²) < 4.78 is 5.36. The molecule has 1 aromatic rings. The van der Waals surface area contributed by atoms with E-state index in [1.54, 1.807) is 7.11 Å². The molecule has 0 N–H and O–H groups in total. The molecule has 0 amide bonds. The number of nitrogens with zero attached hydrogens (tertiary/aromatic N) is 1. The topological polar surface area (TPSA) is 12.5 Å². The van der Waals surface area contributed by atoms with Gasteiger partial charge in [-0.2, -0.15) is 0 Å². The minimum atomic E-state index is 0.387. The first-order chi connectivity index (χ1) is 13.0. The average molecular weight is 374 g/mol. The maximum absolute atomic E-state index is 5.36. The number of benzene rings is 1. The van der Waals surface area contributed by atoms with E-state index in [4.69, 9.17) is 4.74 Å². The van der Waals surface area contributed by atoms with E-state index in [2.05, 4.69) is 56.9 Å². The predicted octanol–water partition coefficient (Wildman–Crippen LogP) is 7.07. The molecule has 154 valence electrons. The van der Waals surface area contributed by atoms with Crippen molar-refractivity contribution < 1.29 is 4.74 Å². The molecule has 1 aromatic carbocycles. The second kappa shape index (κ2) is 11.1. The molecule has 1 aliphatic carbocycles. The van der Waals surface area contributed by atoms with Crippen LogP contribution in [0.5, 0.6) is 5.75 Å². The average Bonchev–Trinajstić information content (AvgIpc) is 2.64. The van der Waals surface area contributed by atoms with Crippen molar-refractivity contribution in [1.82, 2.24) is 4.90 Å². The Hall–Kier alpha value is -1.02. The summed E-state index contributed by atoms with van der Waals surface area (Å²) in [7, 11) is 1.75. The lowest BCUT2D eigenvalue weighted by atomic mass is 9.71. The highest BCUT2D eigenvalue weighted by Gasteiger charge is 2.40. The van der Waals surface area contributed by atoms with Gasteiger partial charge in [0.05, 0.1) is 7.11 Å². The van der Waals surface area contributed by atoms with E-state index in [1.807, 2.05) is 0 Å². The van der Waals surface area contributed by atoms with Crippen molar-refractivity contribution in [2.75, 3.05) is 13.7 Å². The molecule has 1 saturated carbocycles. The van der Waals surface area contributed by atoms with Crippen LogP contribution in [-0.2, 0) is 6.54 Å². The molecule has 0 aliphatic heterocycles. The minimum Gasteiger partial charge on any atom is -0.497 e. The summed E-state index contributed by atoms with van der Waals surface area (Å²) in [5.41, 5.74) is 1.81. The fourth-order valence-corrected chi connectivity index (χ4v) is 5.16. The van der Waals surface area contributed by atoms with Crippen molar-refractivity contribution in [2.24, 2.45) is 11.8 Å². The van der Waals surface area contributed by atoms with Crippen LogP contribution in [0.25, 0.3) is 0 Å². The van der Waals surface area contributed by atoms with Gasteiger partial charge in [0.1, 0.15) is 5.75 Å². The lowest BCUT2D eigenvalue weighted by Crippen LogP contribution is -2.52. The Labute approximate surface area is 168 Å². The second-order valence-electron chi connectivity index (χ2n) is 9.35. The van der Waals surface area contributed by atoms with Crippen LogP contribution >= 0.6 is 0 Å². The monoisotopic (exact) mass is 373 g/mol. The van der Waals surface area contributed by atoms with E-state index in [9.17, 15) is 0 Å². The Morgan fingerprint density at radius 2 is 1.89 bits per heavy atom. The van der Waals surface area contributed by atoms with Gasteiger partial charge in [-0.05, 0) is 61.8 Å². The van der Waals surface area contributed by atoms with Crippen molar-refractivity contribution in [3.05, 3.63) is 29.8 Å². The van der Waals surface area contributed by atoms with Gasteiger partial charge in [-0.1, -0.05) is 71.9 Å². The number of hydrogen-bond donors (Lipinski definition) is 0. The molecule has 2 atom stereocenters. The van der Waals surface area contributed by atoms with Crippen LogP contribution in [0.4, 0.5) is 0 Å². The summed E-state index contributed by atoms with van der Waals surface area (Å²) in [5.74, 6) is 2.56. The van der Waals surface area contributed by atoms with Gasteiger partial charge in [-0.15, -0.1) is 0 Å². The fraction of sp³-hybridized carbons (Fsp3) is 0.760. The molecular formula is C25H43NO. The van der Waals surface area contributed by atoms with Gasteiger partial charge in [-0.3, -0.25) is 4.90 Å². The van der Waals surface area contributed by atoms with Gasteiger partial charge < -0.3 is 4.74 Å². The molecular weight excluding hydrogens is 330 g/mol. The van der Waals surface area contributed by atoms with Crippen LogP contribution in [0, 0.1) is 11.8 Å². The summed E-state index contributed by atoms with van der Waals surface area (Å²) in [6.45, 7) is 11.9. The fourth-order valence-electron chi connectivity index (χ4n) is 5.16. The zero-order valence-electron chi connectivity index (χ0n) is 18.6. The molecule has 2 unspecified atom stereocenters. The van der Waals surface area contributed by atoms with Gasteiger partial charge in [0, 0.05) is 12.1 Å². The number of rotatable bonds is 11. The lowest BCUT2D eigenvalue weighted by Gasteiger charge is -2.50. The van der Waals surface area contributed by atoms with Crippen LogP contribution in [0.15, 0.2) is 24.3 Å². The normalized spacial score (nSPS) is 23.1. The molecule has 1 aliphatic rings. The Kier molecular flexibility index (Phi) is 9.15. The maximum atomic E-state index is 5.36. The third kappa shape index (κ3) is 6.82. The molecule has 0 radical (unpaired) electrons. The van der Waals surface area contributed by atoms with Crippen molar-refractivity contribution in [3.63, 3.8) is 0 Å². The Bertz CT molecular complexity index is 520. The molecule has 2 rings (SSSR count). The molecule has 0 spiro atoms. The van der Waals surface area contributed by atoms with E-state index in [0.29, 0.717) is 5.54 Å². The molecule has 27 heavy (non-hydrogen) atoms. The first-order valence-electron chi connectivity index (χ1n) is 11.4. The van der Waals surface area contributed by atoms with Crippen LogP contribution < -0.4 is 4.74 Å². The first-order valence-corrected chi connectivity index (χ1v) is 11.4. The number of ether oxygens (including phenoxy) is 1. The van der Waals surface area contributed by atoms with Gasteiger partial charge in [0.15, 0.2) is 0 Å². The van der Waals surface area contributed by atoms with Crippen molar-refractivity contribution in [3.8, 4) is 5.75 Å². The summed E-state index contributed by atoms with van der Waals surface area (Å²) in [4.78, 5) is 2.88. The van der Waals surface area contributed by atoms with Crippen LogP contribution in [0.2, 0.25) is 0 Å². The summed E-state index contributed by atoms with van der Waals surface area (Å²) >= 11 is 0. The van der Waals surface area contributed by atoms with E-state index in [-0.39, 0.29) is 0 Å². The minimum absolute atomic E-state index is 0.387. The molecule has 0 aromatic heterocycles. The zero-order valence-corrected chi connectivity index (χ0v) is 18.6. The van der Waals surface area contributed by atoms with E-state index in [0.717, 1.165) is 24.1 Å². The number of unbranched alkanes of at least 4 members (excludes halogenated alkanes) is 3. The predicted molar refractivity (Wildman–Crippen MR) is 117 cm³/mol. The molecule has 0 heterocycles. The van der Waals surface area contributed by atoms with Crippen molar-refractivity contribution in [1.29, 1.82) is 0 Å². The highest BCUT2D eigenvalue weighted by Crippen LogP contribution is 2.42. The third-order valence-corrected chi connectivity index (χ3v) is 6.34. The molecule has 2 nitrogen and oxygen atoms in total. The summed E-state index contributed by atoms with van der Waals surface area (Å²) in [6.07, 6.45) is 12.3. The van der Waals surface area contributed by atoms with Crippen LogP contribution in [-0.4, -0.2) is 24.1 Å². The van der Waals surface area contributed by atoms with E-state index in [1.165, 1.54) is 69.9 Å². The molecule has 1 fully saturated rings. The largest absolute Gasteiger partial charge is 0.497 e. The summed E-state index contributed by atoms with van der Waals surface area (Å²) in [5, 5.41) is 0.